The van der Waals surface area contributed by atoms with Gasteiger partial charge in [0.25, 0.3) is 0 Å². The molecule has 1 saturated heterocycles. The number of allylic oxidation sites excluding steroid dienone is 4. The Morgan fingerprint density at radius 3 is 2.83 bits per heavy atom. The van der Waals surface area contributed by atoms with Gasteiger partial charge in [0, 0.05) is 11.6 Å². The predicted molar refractivity (Wildman–Crippen MR) is 115 cm³/mol. The van der Waals surface area contributed by atoms with Crippen LogP contribution in [0.4, 0.5) is 4.79 Å². The quantitative estimate of drug-likeness (QED) is 0.644. The van der Waals surface area contributed by atoms with Gasteiger partial charge in [0.2, 0.25) is 5.91 Å². The Hall–Kier alpha value is -1.80. The zero-order valence-corrected chi connectivity index (χ0v) is 19.1. The van der Waals surface area contributed by atoms with Gasteiger partial charge >= 0.3 is 6.09 Å². The van der Waals surface area contributed by atoms with Crippen LogP contribution in [0.1, 0.15) is 57.1 Å². The first-order valence-corrected chi connectivity index (χ1v) is 10.9. The van der Waals surface area contributed by atoms with Crippen LogP contribution in [0.5, 0.6) is 0 Å². The summed E-state index contributed by atoms with van der Waals surface area (Å²) in [6.07, 6.45) is 6.51. The molecule has 2 atom stereocenters. The Kier molecular flexibility index (Phi) is 7.05. The van der Waals surface area contributed by atoms with Crippen molar-refractivity contribution in [2.75, 3.05) is 13.7 Å². The average Bonchev–Trinajstić information content (AvgIpc) is 3.34. The Bertz CT molecular complexity index is 849. The molecule has 158 valence electrons. The molecular formula is C20H26BrClN4O3. The minimum absolute atomic E-state index is 0.0635. The number of alkyl carbamates (subject to hydrolysis) is 1. The molecular weight excluding hydrogens is 460 g/mol. The van der Waals surface area contributed by atoms with Gasteiger partial charge in [-0.1, -0.05) is 41.4 Å². The van der Waals surface area contributed by atoms with E-state index in [0.717, 1.165) is 47.3 Å². The summed E-state index contributed by atoms with van der Waals surface area (Å²) in [6, 6.07) is -0.794. The fourth-order valence-electron chi connectivity index (χ4n) is 3.78. The lowest BCUT2D eigenvalue weighted by molar-refractivity contribution is -0.135. The Morgan fingerprint density at radius 2 is 2.17 bits per heavy atom. The van der Waals surface area contributed by atoms with E-state index in [0.29, 0.717) is 11.6 Å². The number of hydrogen-bond donors (Lipinski definition) is 2. The molecule has 0 saturated carbocycles. The number of methoxy groups -OCH3 is 1. The van der Waals surface area contributed by atoms with Crippen molar-refractivity contribution in [3.63, 3.8) is 0 Å². The number of likely N-dealkylation sites (tertiary alicyclic amines) is 1. The van der Waals surface area contributed by atoms with E-state index in [2.05, 4.69) is 36.0 Å². The zero-order chi connectivity index (χ0) is 21.1. The fourth-order valence-corrected chi connectivity index (χ4v) is 4.66. The lowest BCUT2D eigenvalue weighted by Crippen LogP contribution is -2.51. The fraction of sp³-hybridized carbons (Fsp3) is 0.550. The maximum atomic E-state index is 13.2. The normalized spacial score (nSPS) is 20.7. The average molecular weight is 486 g/mol. The van der Waals surface area contributed by atoms with Gasteiger partial charge in [0.15, 0.2) is 0 Å². The summed E-state index contributed by atoms with van der Waals surface area (Å²) in [7, 11) is 1.29. The molecule has 9 heteroatoms. The van der Waals surface area contributed by atoms with E-state index in [-0.39, 0.29) is 17.9 Å². The molecule has 0 radical (unpaired) electrons. The number of carbonyl (C=O) groups is 2. The van der Waals surface area contributed by atoms with Crippen LogP contribution in [0.15, 0.2) is 21.8 Å². The third-order valence-corrected chi connectivity index (χ3v) is 6.31. The van der Waals surface area contributed by atoms with Crippen LogP contribution in [-0.4, -0.2) is 46.6 Å². The SMILES string of the molecule is COC(=O)NC(C(=O)N1CCCC1c1ncc(C2=C(Cl)C=C(Br)CC2)[nH]1)C(C)C. The lowest BCUT2D eigenvalue weighted by atomic mass is 10.0. The summed E-state index contributed by atoms with van der Waals surface area (Å²) in [4.78, 5) is 34.6. The number of aromatic amines is 1. The third-order valence-electron chi connectivity index (χ3n) is 5.35. The third kappa shape index (κ3) is 4.86. The molecule has 0 aromatic carbocycles. The van der Waals surface area contributed by atoms with Crippen LogP contribution in [0.3, 0.4) is 0 Å². The molecule has 2 heterocycles. The molecule has 3 rings (SSSR count). The van der Waals surface area contributed by atoms with Crippen molar-refractivity contribution in [1.29, 1.82) is 0 Å². The number of aromatic nitrogens is 2. The van der Waals surface area contributed by atoms with Gasteiger partial charge in [-0.25, -0.2) is 9.78 Å². The van der Waals surface area contributed by atoms with Crippen molar-refractivity contribution < 1.29 is 14.3 Å². The van der Waals surface area contributed by atoms with Crippen molar-refractivity contribution in [2.24, 2.45) is 5.92 Å². The maximum absolute atomic E-state index is 13.2. The summed E-state index contributed by atoms with van der Waals surface area (Å²) in [6.45, 7) is 4.43. The molecule has 1 fully saturated rings. The van der Waals surface area contributed by atoms with E-state index in [1.165, 1.54) is 7.11 Å². The molecule has 29 heavy (non-hydrogen) atoms. The van der Waals surface area contributed by atoms with Crippen LogP contribution in [0.25, 0.3) is 5.57 Å². The molecule has 1 aliphatic heterocycles. The van der Waals surface area contributed by atoms with Crippen LogP contribution in [0, 0.1) is 5.92 Å². The van der Waals surface area contributed by atoms with Gasteiger partial charge < -0.3 is 19.9 Å². The highest BCUT2D eigenvalue weighted by atomic mass is 79.9. The number of hydrogen-bond acceptors (Lipinski definition) is 4. The smallest absolute Gasteiger partial charge is 0.407 e. The monoisotopic (exact) mass is 484 g/mol. The summed E-state index contributed by atoms with van der Waals surface area (Å²) in [5.74, 6) is 0.566. The highest BCUT2D eigenvalue weighted by Crippen LogP contribution is 2.37. The molecule has 2 aliphatic rings. The van der Waals surface area contributed by atoms with Crippen LogP contribution in [0.2, 0.25) is 0 Å². The first-order chi connectivity index (χ1) is 13.8. The molecule has 1 aromatic heterocycles. The molecule has 2 amide bonds. The van der Waals surface area contributed by atoms with Crippen molar-refractivity contribution in [2.45, 2.75) is 51.6 Å². The molecule has 7 nitrogen and oxygen atoms in total. The second-order valence-electron chi connectivity index (χ2n) is 7.65. The van der Waals surface area contributed by atoms with E-state index >= 15 is 0 Å². The second kappa shape index (κ2) is 9.34. The Balaban J connectivity index is 1.81. The number of H-pyrrole nitrogens is 1. The lowest BCUT2D eigenvalue weighted by Gasteiger charge is -2.30. The molecule has 2 N–H and O–H groups in total. The first-order valence-electron chi connectivity index (χ1n) is 9.76. The molecule has 0 bridgehead atoms. The number of nitrogens with zero attached hydrogens (tertiary/aromatic N) is 2. The highest BCUT2D eigenvalue weighted by Gasteiger charge is 2.37. The van der Waals surface area contributed by atoms with Crippen molar-refractivity contribution in [3.8, 4) is 0 Å². The number of halogens is 2. The zero-order valence-electron chi connectivity index (χ0n) is 16.8. The number of ether oxygens (including phenoxy) is 1. The van der Waals surface area contributed by atoms with E-state index in [1.807, 2.05) is 19.9 Å². The minimum Gasteiger partial charge on any atom is -0.453 e. The number of amides is 2. The van der Waals surface area contributed by atoms with Crippen molar-refractivity contribution >= 4 is 45.1 Å². The second-order valence-corrected chi connectivity index (χ2v) is 9.07. The van der Waals surface area contributed by atoms with E-state index < -0.39 is 12.1 Å². The number of nitrogens with one attached hydrogen (secondary N) is 2. The summed E-state index contributed by atoms with van der Waals surface area (Å²) < 4.78 is 5.76. The number of rotatable bonds is 5. The van der Waals surface area contributed by atoms with Gasteiger partial charge in [-0.15, -0.1) is 0 Å². The minimum atomic E-state index is -0.643. The van der Waals surface area contributed by atoms with Gasteiger partial charge in [-0.05, 0) is 47.7 Å². The molecule has 1 aromatic rings. The number of carbonyl (C=O) groups excluding carboxylic acids is 2. The highest BCUT2D eigenvalue weighted by molar-refractivity contribution is 9.11. The Labute approximate surface area is 184 Å². The van der Waals surface area contributed by atoms with Gasteiger partial charge in [0.05, 0.1) is 25.0 Å². The van der Waals surface area contributed by atoms with Crippen molar-refractivity contribution in [1.82, 2.24) is 20.2 Å². The summed E-state index contributed by atoms with van der Waals surface area (Å²) >= 11 is 9.90. The van der Waals surface area contributed by atoms with Gasteiger partial charge in [-0.2, -0.15) is 0 Å². The summed E-state index contributed by atoms with van der Waals surface area (Å²) in [5, 5.41) is 3.36. The molecule has 2 unspecified atom stereocenters. The molecule has 1 aliphatic carbocycles. The van der Waals surface area contributed by atoms with Crippen LogP contribution in [-0.2, 0) is 9.53 Å². The topological polar surface area (TPSA) is 87.3 Å². The summed E-state index contributed by atoms with van der Waals surface area (Å²) in [5.41, 5.74) is 1.91. The predicted octanol–water partition coefficient (Wildman–Crippen LogP) is 4.48. The molecule has 0 spiro atoms. The van der Waals surface area contributed by atoms with E-state index in [4.69, 9.17) is 11.6 Å². The maximum Gasteiger partial charge on any atom is 0.407 e. The first kappa shape index (κ1) is 21.9. The van der Waals surface area contributed by atoms with E-state index in [1.54, 1.807) is 11.1 Å². The van der Waals surface area contributed by atoms with Crippen LogP contribution < -0.4 is 5.32 Å². The van der Waals surface area contributed by atoms with Crippen molar-refractivity contribution in [3.05, 3.63) is 33.3 Å². The van der Waals surface area contributed by atoms with Gasteiger partial charge in [0.1, 0.15) is 11.9 Å². The standard InChI is InChI=1S/C20H26BrClN4O3/c1-11(2)17(25-20(28)29-3)19(27)26-8-4-5-16(26)18-23-10-15(24-18)13-7-6-12(21)9-14(13)22/h9-11,16-17H,4-8H2,1-3H3,(H,23,24)(H,25,28). The van der Waals surface area contributed by atoms with Gasteiger partial charge in [-0.3, -0.25) is 4.79 Å². The Morgan fingerprint density at radius 1 is 1.41 bits per heavy atom. The largest absolute Gasteiger partial charge is 0.453 e. The van der Waals surface area contributed by atoms with E-state index in [9.17, 15) is 9.59 Å². The number of imidazole rings is 1. The van der Waals surface area contributed by atoms with Crippen LogP contribution >= 0.6 is 27.5 Å².